The maximum Gasteiger partial charge on any atom is 0.320 e. The number of fused-ring (bicyclic) bond motifs is 1. The predicted molar refractivity (Wildman–Crippen MR) is 119 cm³/mol. The number of hydrogen-bond acceptors (Lipinski definition) is 6. The smallest absolute Gasteiger partial charge is 0.320 e. The Bertz CT molecular complexity index is 812. The Balaban J connectivity index is 2.19. The van der Waals surface area contributed by atoms with Crippen LogP contribution in [0.5, 0.6) is 0 Å². The number of nitrogens with zero attached hydrogens (tertiary/aromatic N) is 2. The van der Waals surface area contributed by atoms with E-state index in [1.807, 2.05) is 60.6 Å². The van der Waals surface area contributed by atoms with E-state index in [-0.39, 0.29) is 30.4 Å². The van der Waals surface area contributed by atoms with E-state index in [1.165, 1.54) is 5.56 Å². The first kappa shape index (κ1) is 24.1. The molecule has 1 aliphatic rings. The van der Waals surface area contributed by atoms with Gasteiger partial charge in [0.15, 0.2) is 0 Å². The first-order valence-corrected chi connectivity index (χ1v) is 10.4. The van der Waals surface area contributed by atoms with Gasteiger partial charge in [0.1, 0.15) is 11.2 Å². The van der Waals surface area contributed by atoms with Gasteiger partial charge in [-0.05, 0) is 65.7 Å². The van der Waals surface area contributed by atoms with Crippen LogP contribution in [-0.2, 0) is 31.0 Å². The molecule has 6 heteroatoms. The highest BCUT2D eigenvalue weighted by atomic mass is 16.6. The lowest BCUT2D eigenvalue weighted by molar-refractivity contribution is -0.160. The molecule has 1 aliphatic heterocycles. The van der Waals surface area contributed by atoms with E-state index in [9.17, 15) is 9.59 Å². The quantitative estimate of drug-likeness (QED) is 0.636. The van der Waals surface area contributed by atoms with Crippen LogP contribution < -0.4 is 0 Å². The second-order valence-corrected chi connectivity index (χ2v) is 10.5. The van der Waals surface area contributed by atoms with Gasteiger partial charge in [0.25, 0.3) is 0 Å². The summed E-state index contributed by atoms with van der Waals surface area (Å²) in [6.45, 7) is 17.7. The molecular formula is C24H36N2O4. The molecule has 0 radical (unpaired) electrons. The van der Waals surface area contributed by atoms with E-state index in [0.717, 1.165) is 17.0 Å². The molecule has 0 amide bonds. The predicted octanol–water partition coefficient (Wildman–Crippen LogP) is 4.56. The van der Waals surface area contributed by atoms with Gasteiger partial charge in [-0.1, -0.05) is 26.0 Å². The molecule has 0 bridgehead atoms. The third-order valence-electron chi connectivity index (χ3n) is 4.88. The number of benzene rings is 1. The maximum atomic E-state index is 12.4. The molecule has 0 saturated heterocycles. The van der Waals surface area contributed by atoms with Crippen LogP contribution in [0, 0.1) is 0 Å². The maximum absolute atomic E-state index is 12.4. The van der Waals surface area contributed by atoms with E-state index >= 15 is 0 Å². The highest BCUT2D eigenvalue weighted by molar-refractivity contribution is 5.99. The molecule has 0 aromatic heterocycles. The van der Waals surface area contributed by atoms with Crippen LogP contribution in [0.3, 0.4) is 0 Å². The second kappa shape index (κ2) is 8.50. The van der Waals surface area contributed by atoms with E-state index in [4.69, 9.17) is 14.5 Å². The van der Waals surface area contributed by atoms with Crippen molar-refractivity contribution in [1.29, 1.82) is 0 Å². The number of ether oxygens (including phenoxy) is 2. The molecule has 0 unspecified atom stereocenters. The fourth-order valence-electron chi connectivity index (χ4n) is 3.35. The lowest BCUT2D eigenvalue weighted by Gasteiger charge is -2.26. The zero-order valence-corrected chi connectivity index (χ0v) is 19.9. The van der Waals surface area contributed by atoms with E-state index in [0.29, 0.717) is 6.54 Å². The molecule has 30 heavy (non-hydrogen) atoms. The molecule has 0 spiro atoms. The molecular weight excluding hydrogens is 380 g/mol. The summed E-state index contributed by atoms with van der Waals surface area (Å²) in [5.41, 5.74) is 2.95. The van der Waals surface area contributed by atoms with Gasteiger partial charge in [-0.15, -0.1) is 0 Å². The Hall–Kier alpha value is -2.21. The number of carbonyl (C=O) groups is 2. The molecule has 1 aromatic carbocycles. The third kappa shape index (κ3) is 6.66. The van der Waals surface area contributed by atoms with Crippen molar-refractivity contribution in [2.24, 2.45) is 4.99 Å². The Morgan fingerprint density at radius 2 is 1.47 bits per heavy atom. The van der Waals surface area contributed by atoms with Gasteiger partial charge < -0.3 is 9.47 Å². The molecule has 0 N–H and O–H groups in total. The minimum atomic E-state index is -0.583. The Morgan fingerprint density at radius 1 is 0.967 bits per heavy atom. The van der Waals surface area contributed by atoms with Crippen LogP contribution in [-0.4, -0.2) is 46.8 Å². The highest BCUT2D eigenvalue weighted by Crippen LogP contribution is 2.40. The number of carbonyl (C=O) groups excluding carboxylic acids is 2. The summed E-state index contributed by atoms with van der Waals surface area (Å²) in [4.78, 5) is 31.3. The number of rotatable bonds is 6. The first-order chi connectivity index (χ1) is 13.6. The Labute approximate surface area is 180 Å². The summed E-state index contributed by atoms with van der Waals surface area (Å²) in [6, 6.07) is 6.15. The fourth-order valence-corrected chi connectivity index (χ4v) is 3.35. The van der Waals surface area contributed by atoms with Crippen LogP contribution in [0.4, 0.5) is 5.69 Å². The normalized spacial score (nSPS) is 15.6. The first-order valence-electron chi connectivity index (χ1n) is 10.4. The van der Waals surface area contributed by atoms with Crippen molar-refractivity contribution < 1.29 is 19.1 Å². The number of esters is 2. The Morgan fingerprint density at radius 3 is 1.93 bits per heavy atom. The van der Waals surface area contributed by atoms with Crippen molar-refractivity contribution in [1.82, 2.24) is 4.90 Å². The zero-order valence-electron chi connectivity index (χ0n) is 19.9. The van der Waals surface area contributed by atoms with Gasteiger partial charge in [0.2, 0.25) is 0 Å². The number of hydrogen-bond donors (Lipinski definition) is 0. The summed E-state index contributed by atoms with van der Waals surface area (Å²) in [5, 5.41) is 0. The van der Waals surface area contributed by atoms with Gasteiger partial charge in [-0.3, -0.25) is 19.5 Å². The molecule has 0 saturated carbocycles. The minimum absolute atomic E-state index is 0.00138. The Kier molecular flexibility index (Phi) is 6.82. The van der Waals surface area contributed by atoms with Crippen LogP contribution in [0.1, 0.15) is 73.4 Å². The zero-order chi connectivity index (χ0) is 22.9. The average molecular weight is 417 g/mol. The van der Waals surface area contributed by atoms with Gasteiger partial charge in [-0.25, -0.2) is 0 Å². The lowest BCUT2D eigenvalue weighted by atomic mass is 9.82. The van der Waals surface area contributed by atoms with Crippen molar-refractivity contribution in [2.75, 3.05) is 13.1 Å². The fraction of sp³-hybridized carbons (Fsp3) is 0.625. The highest BCUT2D eigenvalue weighted by Gasteiger charge is 2.32. The van der Waals surface area contributed by atoms with Crippen molar-refractivity contribution >= 4 is 23.3 Å². The van der Waals surface area contributed by atoms with E-state index < -0.39 is 11.2 Å². The molecule has 166 valence electrons. The van der Waals surface area contributed by atoms with Crippen LogP contribution in [0.15, 0.2) is 23.2 Å². The molecule has 1 aromatic rings. The van der Waals surface area contributed by atoms with Gasteiger partial charge in [-0.2, -0.15) is 0 Å². The summed E-state index contributed by atoms with van der Waals surface area (Å²) in [5.74, 6) is -0.746. The van der Waals surface area contributed by atoms with Crippen LogP contribution in [0.2, 0.25) is 0 Å². The molecule has 0 atom stereocenters. The summed E-state index contributed by atoms with van der Waals surface area (Å²) in [6.07, 6.45) is 0. The molecule has 0 fully saturated rings. The third-order valence-corrected chi connectivity index (χ3v) is 4.88. The van der Waals surface area contributed by atoms with E-state index in [2.05, 4.69) is 19.9 Å². The number of aliphatic imine (C=N–C) groups is 1. The van der Waals surface area contributed by atoms with Crippen molar-refractivity contribution in [3.8, 4) is 0 Å². The molecule has 2 rings (SSSR count). The van der Waals surface area contributed by atoms with Gasteiger partial charge in [0, 0.05) is 17.7 Å². The monoisotopic (exact) mass is 416 g/mol. The minimum Gasteiger partial charge on any atom is -0.459 e. The van der Waals surface area contributed by atoms with Gasteiger partial charge in [0.05, 0.1) is 18.8 Å². The summed E-state index contributed by atoms with van der Waals surface area (Å²) < 4.78 is 10.9. The average Bonchev–Trinajstić information content (AvgIpc) is 2.72. The van der Waals surface area contributed by atoms with Crippen molar-refractivity contribution in [3.05, 3.63) is 29.3 Å². The van der Waals surface area contributed by atoms with Gasteiger partial charge >= 0.3 is 11.9 Å². The van der Waals surface area contributed by atoms with Crippen molar-refractivity contribution in [3.63, 3.8) is 0 Å². The molecule has 1 heterocycles. The summed E-state index contributed by atoms with van der Waals surface area (Å²) >= 11 is 0. The second-order valence-electron chi connectivity index (χ2n) is 10.5. The largest absolute Gasteiger partial charge is 0.459 e. The topological polar surface area (TPSA) is 68.2 Å². The lowest BCUT2D eigenvalue weighted by Crippen LogP contribution is -2.39. The van der Waals surface area contributed by atoms with Crippen LogP contribution in [0.25, 0.3) is 0 Å². The van der Waals surface area contributed by atoms with Crippen LogP contribution >= 0.6 is 0 Å². The molecule has 0 aliphatic carbocycles. The standard InChI is InChI=1S/C24H36N2O4/c1-16-24(8,9)18-11-10-17(12-19(18)25-16)13-26(14-20(27)29-22(2,3)4)15-21(28)30-23(5,6)7/h10-12H,13-15H2,1-9H3. The SMILES string of the molecule is CC1=Nc2cc(CN(CC(=O)OC(C)(C)C)CC(=O)OC(C)(C)C)ccc2C1(C)C. The van der Waals surface area contributed by atoms with Crippen molar-refractivity contribution in [2.45, 2.75) is 85.5 Å². The summed E-state index contributed by atoms with van der Waals surface area (Å²) in [7, 11) is 0. The van der Waals surface area contributed by atoms with E-state index in [1.54, 1.807) is 4.90 Å². The molecule has 6 nitrogen and oxygen atoms in total.